The van der Waals surface area contributed by atoms with Crippen molar-refractivity contribution in [3.63, 3.8) is 0 Å². The minimum Gasteiger partial charge on any atom is -0.460 e. The minimum absolute atomic E-state index is 0.197. The number of amides is 2. The van der Waals surface area contributed by atoms with Crippen LogP contribution >= 0.6 is 67.7 Å². The topological polar surface area (TPSA) is 101 Å². The normalized spacial score (nSPS) is 18.3. The number of likely N-dealkylation sites (tertiary alicyclic amines) is 1. The van der Waals surface area contributed by atoms with Crippen molar-refractivity contribution < 1.29 is 19.1 Å². The third kappa shape index (κ3) is 8.54. The molecule has 0 spiro atoms. The molecule has 1 N–H and O–H groups in total. The Morgan fingerprint density at radius 2 is 1.97 bits per heavy atom. The maximum Gasteiger partial charge on any atom is 0.325 e. The molecule has 2 unspecified atom stereocenters. The van der Waals surface area contributed by atoms with Crippen LogP contribution in [0.4, 0.5) is 0 Å². The van der Waals surface area contributed by atoms with Crippen LogP contribution in [-0.4, -0.2) is 55.2 Å². The van der Waals surface area contributed by atoms with E-state index in [1.807, 2.05) is 37.3 Å². The van der Waals surface area contributed by atoms with Crippen LogP contribution in [0.15, 0.2) is 46.4 Å². The van der Waals surface area contributed by atoms with Gasteiger partial charge in [0.25, 0.3) is 0 Å². The number of alkyl halides is 3. The number of esters is 1. The molecule has 35 heavy (non-hydrogen) atoms. The number of aromatic nitrogens is 2. The number of aryl methyl sites for hydroxylation is 1. The summed E-state index contributed by atoms with van der Waals surface area (Å²) in [7, 11) is 2.73. The molecule has 0 saturated carbocycles. The Bertz CT molecular complexity index is 1090. The zero-order chi connectivity index (χ0) is 25.6. The van der Waals surface area contributed by atoms with E-state index in [0.717, 1.165) is 14.9 Å². The van der Waals surface area contributed by atoms with Gasteiger partial charge in [-0.1, -0.05) is 87.3 Å². The largest absolute Gasteiger partial charge is 0.460 e. The van der Waals surface area contributed by atoms with Crippen LogP contribution in [0.2, 0.25) is 0 Å². The molecule has 1 aliphatic rings. The molecule has 2 amide bonds. The van der Waals surface area contributed by atoms with Gasteiger partial charge in [-0.15, -0.1) is 10.2 Å². The Labute approximate surface area is 229 Å². The fourth-order valence-corrected chi connectivity index (χ4v) is 7.09. The van der Waals surface area contributed by atoms with E-state index in [0.29, 0.717) is 5.57 Å². The number of rotatable bonds is 10. The lowest BCUT2D eigenvalue weighted by Crippen LogP contribution is -2.61. The van der Waals surface area contributed by atoms with Crippen LogP contribution < -0.4 is 5.32 Å². The molecule has 14 heteroatoms. The van der Waals surface area contributed by atoms with Crippen molar-refractivity contribution in [2.24, 2.45) is 5.92 Å². The van der Waals surface area contributed by atoms with Crippen LogP contribution in [0.5, 0.6) is 0 Å². The van der Waals surface area contributed by atoms with Crippen LogP contribution in [-0.2, 0) is 25.5 Å². The molecule has 1 saturated heterocycles. The van der Waals surface area contributed by atoms with Crippen LogP contribution in [0.3, 0.4) is 0 Å². The number of hydrogen-bond acceptors (Lipinski definition) is 9. The molecule has 1 aliphatic heterocycles. The predicted octanol–water partition coefficient (Wildman–Crippen LogP) is 4.55. The molecule has 2 heterocycles. The average Bonchev–Trinajstić information content (AvgIpc) is 3.22. The highest BCUT2D eigenvalue weighted by molar-refractivity contribution is 8.77. The maximum atomic E-state index is 12.9. The van der Waals surface area contributed by atoms with Crippen LogP contribution in [0, 0.1) is 12.8 Å². The van der Waals surface area contributed by atoms with Crippen molar-refractivity contribution in [2.45, 2.75) is 33.8 Å². The summed E-state index contributed by atoms with van der Waals surface area (Å²) in [5, 5.41) is 11.2. The maximum absolute atomic E-state index is 12.9. The summed E-state index contributed by atoms with van der Waals surface area (Å²) < 4.78 is 3.95. The van der Waals surface area contributed by atoms with Crippen LogP contribution in [0.1, 0.15) is 17.5 Å². The fourth-order valence-electron chi connectivity index (χ4n) is 3.08. The van der Waals surface area contributed by atoms with Gasteiger partial charge in [-0.2, -0.15) is 0 Å². The Morgan fingerprint density at radius 1 is 1.26 bits per heavy atom. The summed E-state index contributed by atoms with van der Waals surface area (Å²) in [6.45, 7) is 2.89. The number of halogens is 3. The summed E-state index contributed by atoms with van der Waals surface area (Å²) in [6, 6.07) is 9.34. The van der Waals surface area contributed by atoms with Gasteiger partial charge in [-0.05, 0) is 35.8 Å². The van der Waals surface area contributed by atoms with Crippen molar-refractivity contribution in [1.82, 2.24) is 20.4 Å². The van der Waals surface area contributed by atoms with Gasteiger partial charge in [-0.25, -0.2) is 0 Å². The highest BCUT2D eigenvalue weighted by Crippen LogP contribution is 2.47. The summed E-state index contributed by atoms with van der Waals surface area (Å²) >= 11 is 18.3. The first-order valence-electron chi connectivity index (χ1n) is 10.2. The molecule has 1 fully saturated rings. The Balaban J connectivity index is 1.65. The molecule has 188 valence electrons. The van der Waals surface area contributed by atoms with Crippen LogP contribution in [0.25, 0.3) is 0 Å². The first kappa shape index (κ1) is 28.1. The number of hydrogen-bond donors (Lipinski definition) is 1. The lowest BCUT2D eigenvalue weighted by Gasteiger charge is -2.46. The van der Waals surface area contributed by atoms with Gasteiger partial charge in [0.1, 0.15) is 23.5 Å². The molecule has 0 aliphatic carbocycles. The molecular weight excluding hydrogens is 575 g/mol. The predicted molar refractivity (Wildman–Crippen MR) is 140 cm³/mol. The van der Waals surface area contributed by atoms with Gasteiger partial charge in [0.15, 0.2) is 4.34 Å². The van der Waals surface area contributed by atoms with E-state index in [4.69, 9.17) is 39.5 Å². The minimum atomic E-state index is -1.74. The van der Waals surface area contributed by atoms with Gasteiger partial charge < -0.3 is 15.0 Å². The summed E-state index contributed by atoms with van der Waals surface area (Å²) in [4.78, 5) is 38.9. The third-order valence-electron chi connectivity index (χ3n) is 4.72. The lowest BCUT2D eigenvalue weighted by atomic mass is 9.91. The standard InChI is InChI=1S/C21H21Cl3N4O4S3/c1-12(9-25-15(29)8-14-6-4-3-5-7-14)17-18(31)28(10-16(30)32-11-21(22,23)24)19(17)34-35-20-27-26-13(2)33-20/h3-7,9,17,19H,8,10-11H2,1-2H3,(H,25,29). The number of carbonyl (C=O) groups is 3. The summed E-state index contributed by atoms with van der Waals surface area (Å²) in [5.74, 6) is -1.70. The second-order valence-corrected chi connectivity index (χ2v) is 13.8. The highest BCUT2D eigenvalue weighted by Gasteiger charge is 2.49. The molecule has 0 bridgehead atoms. The second kappa shape index (κ2) is 12.6. The number of nitrogens with zero attached hydrogens (tertiary/aromatic N) is 3. The lowest BCUT2D eigenvalue weighted by molar-refractivity contribution is -0.158. The molecule has 8 nitrogen and oxygen atoms in total. The van der Waals surface area contributed by atoms with E-state index < -0.39 is 27.7 Å². The SMILES string of the molecule is CC(=CNC(=O)Cc1ccccc1)C1C(=O)N(CC(=O)OCC(Cl)(Cl)Cl)C1SSc1nnc(C)s1. The van der Waals surface area contributed by atoms with Gasteiger partial charge >= 0.3 is 5.97 Å². The molecule has 1 aromatic carbocycles. The quantitative estimate of drug-likeness (QED) is 0.185. The second-order valence-electron chi connectivity index (χ2n) is 7.50. The van der Waals surface area contributed by atoms with Crippen molar-refractivity contribution in [3.8, 4) is 0 Å². The number of nitrogens with one attached hydrogen (secondary N) is 1. The van der Waals surface area contributed by atoms with E-state index in [2.05, 4.69) is 15.5 Å². The summed E-state index contributed by atoms with van der Waals surface area (Å²) in [5.41, 5.74) is 1.54. The molecule has 1 aromatic heterocycles. The molecule has 3 rings (SSSR count). The van der Waals surface area contributed by atoms with Gasteiger partial charge in [0, 0.05) is 6.20 Å². The smallest absolute Gasteiger partial charge is 0.325 e. The molecule has 2 aromatic rings. The molecular formula is C21H21Cl3N4O4S3. The van der Waals surface area contributed by atoms with E-state index >= 15 is 0 Å². The first-order chi connectivity index (χ1) is 16.5. The Kier molecular flexibility index (Phi) is 10.1. The van der Waals surface area contributed by atoms with E-state index in [-0.39, 0.29) is 24.8 Å². The van der Waals surface area contributed by atoms with Crippen molar-refractivity contribution >= 4 is 85.5 Å². The Hall–Kier alpha value is -1.50. The first-order valence-corrected chi connectivity index (χ1v) is 14.4. The van der Waals surface area contributed by atoms with Gasteiger partial charge in [0.2, 0.25) is 15.6 Å². The fraction of sp³-hybridized carbons (Fsp3) is 0.381. The highest BCUT2D eigenvalue weighted by atomic mass is 35.6. The number of ether oxygens (including phenoxy) is 1. The molecule has 2 atom stereocenters. The Morgan fingerprint density at radius 3 is 2.60 bits per heavy atom. The van der Waals surface area contributed by atoms with E-state index in [9.17, 15) is 14.4 Å². The van der Waals surface area contributed by atoms with Crippen molar-refractivity contribution in [1.29, 1.82) is 0 Å². The van der Waals surface area contributed by atoms with E-state index in [1.54, 1.807) is 13.1 Å². The van der Waals surface area contributed by atoms with Gasteiger partial charge in [0.05, 0.1) is 12.3 Å². The summed E-state index contributed by atoms with van der Waals surface area (Å²) in [6.07, 6.45) is 1.76. The molecule has 0 radical (unpaired) electrons. The number of carbonyl (C=O) groups excluding carboxylic acids is 3. The van der Waals surface area contributed by atoms with Crippen molar-refractivity contribution in [3.05, 3.63) is 52.7 Å². The number of β-lactam (4-membered cyclic amide) rings is 1. The average molecular weight is 596 g/mol. The zero-order valence-electron chi connectivity index (χ0n) is 18.6. The third-order valence-corrected chi connectivity index (χ3v) is 8.90. The zero-order valence-corrected chi connectivity index (χ0v) is 23.3. The van der Waals surface area contributed by atoms with Gasteiger partial charge in [-0.3, -0.25) is 14.4 Å². The monoisotopic (exact) mass is 594 g/mol. The van der Waals surface area contributed by atoms with E-state index in [1.165, 1.54) is 37.8 Å². The van der Waals surface area contributed by atoms with Crippen molar-refractivity contribution in [2.75, 3.05) is 13.2 Å². The number of benzene rings is 1.